The fourth-order valence-electron chi connectivity index (χ4n) is 2.92. The van der Waals surface area contributed by atoms with Crippen molar-refractivity contribution in [2.75, 3.05) is 10.6 Å². The summed E-state index contributed by atoms with van der Waals surface area (Å²) in [6.07, 6.45) is 0. The molecule has 0 bridgehead atoms. The van der Waals surface area contributed by atoms with Crippen molar-refractivity contribution in [3.05, 3.63) is 59.2 Å². The number of carbonyl (C=O) groups excluding carboxylic acids is 4. The van der Waals surface area contributed by atoms with Gasteiger partial charge in [-0.05, 0) is 51.1 Å². The quantitative estimate of drug-likeness (QED) is 0.640. The molecule has 0 saturated heterocycles. The predicted octanol–water partition coefficient (Wildman–Crippen LogP) is 3.54. The van der Waals surface area contributed by atoms with Crippen LogP contribution in [0.2, 0.25) is 0 Å². The molecule has 3 rings (SSSR count). The molecule has 2 aromatic rings. The number of anilines is 2. The smallest absolute Gasteiger partial charge is 0.308 e. The minimum absolute atomic E-state index is 0.101. The van der Waals surface area contributed by atoms with Crippen molar-refractivity contribution >= 4 is 35.0 Å². The van der Waals surface area contributed by atoms with E-state index in [9.17, 15) is 19.2 Å². The Hall–Kier alpha value is -3.48. The normalized spacial score (nSPS) is 13.0. The maximum atomic E-state index is 12.4. The summed E-state index contributed by atoms with van der Waals surface area (Å²) in [6.45, 7) is 4.98. The molecule has 2 N–H and O–H groups in total. The number of hydrogen-bond donors (Lipinski definition) is 2. The lowest BCUT2D eigenvalue weighted by Crippen LogP contribution is -2.35. The van der Waals surface area contributed by atoms with Crippen LogP contribution in [0.4, 0.5) is 16.2 Å². The number of fused-ring (bicyclic) bond motifs is 1. The van der Waals surface area contributed by atoms with Crippen molar-refractivity contribution < 1.29 is 19.2 Å². The monoisotopic (exact) mass is 365 g/mol. The molecule has 0 atom stereocenters. The molecule has 7 nitrogen and oxygen atoms in total. The van der Waals surface area contributed by atoms with Crippen LogP contribution in [0.15, 0.2) is 42.5 Å². The van der Waals surface area contributed by atoms with Crippen LogP contribution in [0.25, 0.3) is 0 Å². The van der Waals surface area contributed by atoms with Gasteiger partial charge in [-0.15, -0.1) is 0 Å². The van der Waals surface area contributed by atoms with Crippen molar-refractivity contribution in [2.45, 2.75) is 26.8 Å². The minimum atomic E-state index is -0.520. The second kappa shape index (κ2) is 7.03. The molecule has 1 heterocycles. The molecular weight excluding hydrogens is 346 g/mol. The Balaban J connectivity index is 1.75. The van der Waals surface area contributed by atoms with Crippen LogP contribution < -0.4 is 10.6 Å². The number of ketones is 1. The van der Waals surface area contributed by atoms with E-state index < -0.39 is 6.03 Å². The Morgan fingerprint density at radius 3 is 2.15 bits per heavy atom. The number of nitrogens with one attached hydrogen (secondary N) is 2. The SMILES string of the molecule is CC(=O)c1cccc(NC(=O)Nc2ccc3c(c2)C(=O)N(C(C)C)C3=O)c1. The van der Waals surface area contributed by atoms with E-state index in [4.69, 9.17) is 0 Å². The van der Waals surface area contributed by atoms with Crippen LogP contribution in [0.5, 0.6) is 0 Å². The number of hydrogen-bond acceptors (Lipinski definition) is 4. The zero-order chi connectivity index (χ0) is 19.7. The zero-order valence-electron chi connectivity index (χ0n) is 15.2. The topological polar surface area (TPSA) is 95.6 Å². The Morgan fingerprint density at radius 1 is 0.889 bits per heavy atom. The van der Waals surface area contributed by atoms with Crippen LogP contribution in [0.1, 0.15) is 51.8 Å². The van der Waals surface area contributed by atoms with Gasteiger partial charge in [0.05, 0.1) is 11.1 Å². The summed E-state index contributed by atoms with van der Waals surface area (Å²) in [5, 5.41) is 5.27. The summed E-state index contributed by atoms with van der Waals surface area (Å²) in [6, 6.07) is 10.4. The maximum absolute atomic E-state index is 12.4. The average molecular weight is 365 g/mol. The molecular formula is C20H19N3O4. The highest BCUT2D eigenvalue weighted by atomic mass is 16.2. The molecule has 0 aliphatic carbocycles. The molecule has 0 saturated carbocycles. The van der Waals surface area contributed by atoms with Crippen molar-refractivity contribution in [1.29, 1.82) is 0 Å². The van der Waals surface area contributed by atoms with Gasteiger partial charge in [-0.2, -0.15) is 0 Å². The average Bonchev–Trinajstić information content (AvgIpc) is 2.85. The van der Waals surface area contributed by atoms with Gasteiger partial charge in [-0.3, -0.25) is 19.3 Å². The third kappa shape index (κ3) is 3.57. The number of imide groups is 1. The van der Waals surface area contributed by atoms with Crippen molar-refractivity contribution in [1.82, 2.24) is 4.90 Å². The third-order valence-corrected chi connectivity index (χ3v) is 4.22. The molecule has 1 aliphatic heterocycles. The van der Waals surface area contributed by atoms with E-state index in [0.29, 0.717) is 22.5 Å². The van der Waals surface area contributed by atoms with E-state index in [1.165, 1.54) is 24.0 Å². The van der Waals surface area contributed by atoms with Crippen LogP contribution in [-0.2, 0) is 0 Å². The number of amides is 4. The predicted molar refractivity (Wildman–Crippen MR) is 101 cm³/mol. The van der Waals surface area contributed by atoms with Gasteiger partial charge in [0, 0.05) is 23.0 Å². The number of benzene rings is 2. The molecule has 0 spiro atoms. The first kappa shape index (κ1) is 18.3. The van der Waals surface area contributed by atoms with E-state index in [0.717, 1.165) is 0 Å². The lowest BCUT2D eigenvalue weighted by Gasteiger charge is -2.17. The molecule has 138 valence electrons. The number of nitrogens with zero attached hydrogens (tertiary/aromatic N) is 1. The molecule has 2 aromatic carbocycles. The Morgan fingerprint density at radius 2 is 1.52 bits per heavy atom. The fraction of sp³-hybridized carbons (Fsp3) is 0.200. The summed E-state index contributed by atoms with van der Waals surface area (Å²) in [5.74, 6) is -0.805. The number of Topliss-reactive ketones (excluding diaryl/α,β-unsaturated/α-hetero) is 1. The molecule has 0 fully saturated rings. The standard InChI is InChI=1S/C20H19N3O4/c1-11(2)23-18(25)16-8-7-15(10-17(16)19(23)26)22-20(27)21-14-6-4-5-13(9-14)12(3)24/h4-11H,1-3H3,(H2,21,22,27). The minimum Gasteiger partial charge on any atom is -0.308 e. The summed E-state index contributed by atoms with van der Waals surface area (Å²) in [5.41, 5.74) is 1.95. The Bertz CT molecular complexity index is 965. The first-order valence-corrected chi connectivity index (χ1v) is 8.49. The fourth-order valence-corrected chi connectivity index (χ4v) is 2.92. The second-order valence-corrected chi connectivity index (χ2v) is 6.55. The van der Waals surface area contributed by atoms with Gasteiger partial charge < -0.3 is 10.6 Å². The van der Waals surface area contributed by atoms with Gasteiger partial charge in [0.2, 0.25) is 0 Å². The van der Waals surface area contributed by atoms with E-state index in [2.05, 4.69) is 10.6 Å². The third-order valence-electron chi connectivity index (χ3n) is 4.22. The number of rotatable bonds is 4. The van der Waals surface area contributed by atoms with Crippen molar-refractivity contribution in [3.63, 3.8) is 0 Å². The van der Waals surface area contributed by atoms with Gasteiger partial charge in [-0.1, -0.05) is 12.1 Å². The Labute approximate surface area is 156 Å². The molecule has 0 unspecified atom stereocenters. The molecule has 7 heteroatoms. The zero-order valence-corrected chi connectivity index (χ0v) is 15.2. The largest absolute Gasteiger partial charge is 0.323 e. The lowest BCUT2D eigenvalue weighted by atomic mass is 10.1. The molecule has 0 aromatic heterocycles. The van der Waals surface area contributed by atoms with E-state index in [1.807, 2.05) is 0 Å². The second-order valence-electron chi connectivity index (χ2n) is 6.55. The lowest BCUT2D eigenvalue weighted by molar-refractivity contribution is 0.0608. The summed E-state index contributed by atoms with van der Waals surface area (Å²) >= 11 is 0. The number of urea groups is 1. The summed E-state index contributed by atoms with van der Waals surface area (Å²) < 4.78 is 0. The van der Waals surface area contributed by atoms with Gasteiger partial charge >= 0.3 is 6.03 Å². The van der Waals surface area contributed by atoms with E-state index in [1.54, 1.807) is 44.2 Å². The molecule has 1 aliphatic rings. The first-order valence-electron chi connectivity index (χ1n) is 8.49. The highest BCUT2D eigenvalue weighted by molar-refractivity contribution is 6.22. The van der Waals surface area contributed by atoms with Crippen molar-refractivity contribution in [3.8, 4) is 0 Å². The van der Waals surface area contributed by atoms with Gasteiger partial charge in [0.15, 0.2) is 5.78 Å². The molecule has 0 radical (unpaired) electrons. The summed E-state index contributed by atoms with van der Waals surface area (Å²) in [7, 11) is 0. The van der Waals surface area contributed by atoms with Crippen LogP contribution in [-0.4, -0.2) is 34.6 Å². The van der Waals surface area contributed by atoms with Crippen LogP contribution >= 0.6 is 0 Å². The summed E-state index contributed by atoms with van der Waals surface area (Å²) in [4.78, 5) is 49.5. The highest BCUT2D eigenvalue weighted by Gasteiger charge is 2.37. The van der Waals surface area contributed by atoms with E-state index >= 15 is 0 Å². The molecule has 27 heavy (non-hydrogen) atoms. The van der Waals surface area contributed by atoms with E-state index in [-0.39, 0.29) is 29.2 Å². The Kier molecular flexibility index (Phi) is 4.77. The van der Waals surface area contributed by atoms with Crippen LogP contribution in [0.3, 0.4) is 0 Å². The molecule has 4 amide bonds. The van der Waals surface area contributed by atoms with Crippen LogP contribution in [0, 0.1) is 0 Å². The van der Waals surface area contributed by atoms with Gasteiger partial charge in [0.1, 0.15) is 0 Å². The highest BCUT2D eigenvalue weighted by Crippen LogP contribution is 2.27. The van der Waals surface area contributed by atoms with Gasteiger partial charge in [-0.25, -0.2) is 4.79 Å². The number of carbonyl (C=O) groups is 4. The maximum Gasteiger partial charge on any atom is 0.323 e. The first-order chi connectivity index (χ1) is 12.8. The van der Waals surface area contributed by atoms with Gasteiger partial charge in [0.25, 0.3) is 11.8 Å². The van der Waals surface area contributed by atoms with Crippen molar-refractivity contribution in [2.24, 2.45) is 0 Å².